The summed E-state index contributed by atoms with van der Waals surface area (Å²) in [6.07, 6.45) is -2.01. The zero-order chi connectivity index (χ0) is 23.8. The normalized spacial score (nSPS) is 16.9. The van der Waals surface area contributed by atoms with E-state index in [-0.39, 0.29) is 17.0 Å². The topological polar surface area (TPSA) is 151 Å². The number of hydroxylamine groups is 1. The van der Waals surface area contributed by atoms with Gasteiger partial charge in [0.15, 0.2) is 0 Å². The molecule has 33 heavy (non-hydrogen) atoms. The van der Waals surface area contributed by atoms with Gasteiger partial charge in [-0.1, -0.05) is 40.9 Å². The van der Waals surface area contributed by atoms with Crippen LogP contribution in [-0.2, 0) is 26.0 Å². The molecular formula is C22H29N3O7S. The number of hydrogen-bond donors (Lipinski definition) is 4. The Morgan fingerprint density at radius 3 is 2.52 bits per heavy atom. The smallest absolute Gasteiger partial charge is 0.404 e. The molecule has 0 bridgehead atoms. The Balaban J connectivity index is 1.85. The van der Waals surface area contributed by atoms with Gasteiger partial charge in [0.05, 0.1) is 29.7 Å². The number of ether oxygens (including phenoxy) is 1. The van der Waals surface area contributed by atoms with Gasteiger partial charge in [0.1, 0.15) is 0 Å². The number of amides is 1. The largest absolute Gasteiger partial charge is 0.465 e. The summed E-state index contributed by atoms with van der Waals surface area (Å²) in [7, 11) is -4.20. The lowest BCUT2D eigenvalue weighted by Crippen LogP contribution is -2.51. The van der Waals surface area contributed by atoms with Gasteiger partial charge in [-0.05, 0) is 43.0 Å². The number of rotatable bonds is 10. The van der Waals surface area contributed by atoms with E-state index in [0.717, 1.165) is 10.0 Å². The fourth-order valence-electron chi connectivity index (χ4n) is 3.53. The molecule has 0 spiro atoms. The number of nitrogens with two attached hydrogens (primary N) is 1. The van der Waals surface area contributed by atoms with E-state index in [9.17, 15) is 23.4 Å². The standard InChI is InChI=1S/C22H29N3O7S/c23-17-7-4-8-19(14-17)33(29,30)25(32-18-9-11-31-12-10-18)15-21(26)20(24-22(27)28)13-16-5-2-1-3-6-16/h1-8,14,18,20-21,24,26H,9-13,15,23H2,(H,27,28). The Labute approximate surface area is 192 Å². The SMILES string of the molecule is Nc1cccc(S(=O)(=O)N(CC(O)C(Cc2ccccc2)NC(=O)O)OC2CCOCC2)c1. The second-order valence-electron chi connectivity index (χ2n) is 7.79. The summed E-state index contributed by atoms with van der Waals surface area (Å²) in [5.74, 6) is 0. The highest BCUT2D eigenvalue weighted by Crippen LogP contribution is 2.23. The summed E-state index contributed by atoms with van der Waals surface area (Å²) in [6.45, 7) is 0.374. The Morgan fingerprint density at radius 1 is 1.18 bits per heavy atom. The maximum absolute atomic E-state index is 13.4. The lowest BCUT2D eigenvalue weighted by Gasteiger charge is -2.32. The quantitative estimate of drug-likeness (QED) is 0.296. The zero-order valence-corrected chi connectivity index (χ0v) is 18.9. The summed E-state index contributed by atoms with van der Waals surface area (Å²) in [5, 5.41) is 22.5. The predicted octanol–water partition coefficient (Wildman–Crippen LogP) is 1.61. The van der Waals surface area contributed by atoms with Crippen molar-refractivity contribution in [3.8, 4) is 0 Å². The Bertz CT molecular complexity index is 1010. The summed E-state index contributed by atoms with van der Waals surface area (Å²) in [5.41, 5.74) is 6.81. The first kappa shape index (κ1) is 24.9. The molecule has 1 aliphatic heterocycles. The van der Waals surface area contributed by atoms with Crippen LogP contribution in [0, 0.1) is 0 Å². The van der Waals surface area contributed by atoms with E-state index >= 15 is 0 Å². The lowest BCUT2D eigenvalue weighted by atomic mass is 10.0. The minimum absolute atomic E-state index is 0.0902. The third-order valence-electron chi connectivity index (χ3n) is 5.27. The fraction of sp³-hybridized carbons (Fsp3) is 0.409. The molecule has 10 nitrogen and oxygen atoms in total. The molecule has 5 N–H and O–H groups in total. The zero-order valence-electron chi connectivity index (χ0n) is 18.0. The van der Waals surface area contributed by atoms with Gasteiger partial charge in [-0.25, -0.2) is 13.2 Å². The number of aliphatic hydroxyl groups is 1. The molecule has 2 atom stereocenters. The minimum Gasteiger partial charge on any atom is -0.465 e. The Morgan fingerprint density at radius 2 is 1.88 bits per heavy atom. The van der Waals surface area contributed by atoms with Crippen molar-refractivity contribution in [2.24, 2.45) is 0 Å². The van der Waals surface area contributed by atoms with Crippen LogP contribution in [0.5, 0.6) is 0 Å². The van der Waals surface area contributed by atoms with Gasteiger partial charge < -0.3 is 26.0 Å². The van der Waals surface area contributed by atoms with E-state index in [1.807, 2.05) is 6.07 Å². The average Bonchev–Trinajstić information content (AvgIpc) is 2.79. The number of sulfonamides is 1. The van der Waals surface area contributed by atoms with Crippen LogP contribution in [0.4, 0.5) is 10.5 Å². The van der Waals surface area contributed by atoms with E-state index in [1.165, 1.54) is 18.2 Å². The molecule has 11 heteroatoms. The highest BCUT2D eigenvalue weighted by Gasteiger charge is 2.34. The van der Waals surface area contributed by atoms with Gasteiger partial charge in [0.2, 0.25) is 0 Å². The first-order valence-corrected chi connectivity index (χ1v) is 12.0. The summed E-state index contributed by atoms with van der Waals surface area (Å²) >= 11 is 0. The van der Waals surface area contributed by atoms with Crippen LogP contribution in [0.1, 0.15) is 18.4 Å². The highest BCUT2D eigenvalue weighted by molar-refractivity contribution is 7.89. The second kappa shape index (κ2) is 11.4. The fourth-order valence-corrected chi connectivity index (χ4v) is 4.88. The Hall–Kier alpha value is -2.70. The van der Waals surface area contributed by atoms with Crippen LogP contribution < -0.4 is 11.1 Å². The molecule has 180 valence electrons. The van der Waals surface area contributed by atoms with Crippen molar-refractivity contribution in [1.82, 2.24) is 9.79 Å². The van der Waals surface area contributed by atoms with Crippen LogP contribution in [0.3, 0.4) is 0 Å². The number of nitrogens with zero attached hydrogens (tertiary/aromatic N) is 1. The molecule has 0 radical (unpaired) electrons. The maximum Gasteiger partial charge on any atom is 0.404 e. The number of benzene rings is 2. The van der Waals surface area contributed by atoms with Gasteiger partial charge in [-0.15, -0.1) is 0 Å². The van der Waals surface area contributed by atoms with E-state index < -0.39 is 40.9 Å². The van der Waals surface area contributed by atoms with Gasteiger partial charge in [-0.2, -0.15) is 0 Å². The van der Waals surface area contributed by atoms with E-state index in [2.05, 4.69) is 5.32 Å². The maximum atomic E-state index is 13.4. The van der Waals surface area contributed by atoms with Crippen molar-refractivity contribution in [1.29, 1.82) is 0 Å². The number of aliphatic hydroxyl groups excluding tert-OH is 1. The molecule has 1 fully saturated rings. The molecule has 0 saturated carbocycles. The molecule has 1 amide bonds. The molecule has 0 aromatic heterocycles. The third kappa shape index (κ3) is 7.14. The van der Waals surface area contributed by atoms with E-state index in [1.54, 1.807) is 30.3 Å². The molecule has 2 aromatic carbocycles. The van der Waals surface area contributed by atoms with Crippen molar-refractivity contribution in [2.45, 2.75) is 42.4 Å². The molecular weight excluding hydrogens is 450 g/mol. The molecule has 0 aliphatic carbocycles. The summed E-state index contributed by atoms with van der Waals surface area (Å²) in [4.78, 5) is 17.1. The third-order valence-corrected chi connectivity index (χ3v) is 6.89. The monoisotopic (exact) mass is 479 g/mol. The number of carboxylic acid groups (broad SMARTS) is 1. The highest BCUT2D eigenvalue weighted by atomic mass is 32.2. The van der Waals surface area contributed by atoms with Gasteiger partial charge in [0, 0.05) is 18.9 Å². The van der Waals surface area contributed by atoms with Gasteiger partial charge in [0.25, 0.3) is 10.0 Å². The van der Waals surface area contributed by atoms with Crippen LogP contribution >= 0.6 is 0 Å². The van der Waals surface area contributed by atoms with Crippen molar-refractivity contribution < 1.29 is 33.0 Å². The van der Waals surface area contributed by atoms with Crippen molar-refractivity contribution in [3.05, 3.63) is 60.2 Å². The summed E-state index contributed by atoms with van der Waals surface area (Å²) < 4.78 is 32.8. The van der Waals surface area contributed by atoms with E-state index in [0.29, 0.717) is 26.1 Å². The van der Waals surface area contributed by atoms with Crippen molar-refractivity contribution in [2.75, 3.05) is 25.5 Å². The number of nitrogens with one attached hydrogen (secondary N) is 1. The van der Waals surface area contributed by atoms with Crippen LogP contribution in [-0.4, -0.2) is 67.2 Å². The molecule has 1 saturated heterocycles. The lowest BCUT2D eigenvalue weighted by molar-refractivity contribution is -0.170. The van der Waals surface area contributed by atoms with Crippen molar-refractivity contribution >= 4 is 21.8 Å². The van der Waals surface area contributed by atoms with Crippen LogP contribution in [0.25, 0.3) is 0 Å². The van der Waals surface area contributed by atoms with Crippen molar-refractivity contribution in [3.63, 3.8) is 0 Å². The number of nitrogen functional groups attached to an aromatic ring is 1. The number of carbonyl (C=O) groups is 1. The molecule has 3 rings (SSSR count). The molecule has 1 aliphatic rings. The van der Waals surface area contributed by atoms with E-state index in [4.69, 9.17) is 15.3 Å². The second-order valence-corrected chi connectivity index (χ2v) is 9.62. The number of anilines is 1. The average molecular weight is 480 g/mol. The van der Waals surface area contributed by atoms with Gasteiger partial charge >= 0.3 is 6.09 Å². The van der Waals surface area contributed by atoms with Crippen LogP contribution in [0.15, 0.2) is 59.5 Å². The first-order chi connectivity index (χ1) is 15.8. The molecule has 1 heterocycles. The summed E-state index contributed by atoms with van der Waals surface area (Å²) in [6, 6.07) is 13.8. The molecule has 2 unspecified atom stereocenters. The first-order valence-electron chi connectivity index (χ1n) is 10.6. The molecule has 2 aromatic rings. The number of hydrogen-bond acceptors (Lipinski definition) is 7. The van der Waals surface area contributed by atoms with Crippen LogP contribution in [0.2, 0.25) is 0 Å². The Kier molecular flexibility index (Phi) is 8.64. The minimum atomic E-state index is -4.20. The predicted molar refractivity (Wildman–Crippen MR) is 121 cm³/mol. The van der Waals surface area contributed by atoms with Gasteiger partial charge in [-0.3, -0.25) is 4.84 Å².